The zero-order valence-corrected chi connectivity index (χ0v) is 28.5. The molecule has 3 nitrogen and oxygen atoms in total. The molecule has 53 heavy (non-hydrogen) atoms. The van der Waals surface area contributed by atoms with Gasteiger partial charge in [-0.1, -0.05) is 140 Å². The van der Waals surface area contributed by atoms with Gasteiger partial charge in [0.15, 0.2) is 0 Å². The van der Waals surface area contributed by atoms with Gasteiger partial charge in [0.05, 0.1) is 5.52 Å². The monoisotopic (exact) mass is 675 g/mol. The molecule has 0 atom stereocenters. The quantitative estimate of drug-likeness (QED) is 0.189. The van der Waals surface area contributed by atoms with Crippen LogP contribution < -0.4 is 0 Å². The summed E-state index contributed by atoms with van der Waals surface area (Å²) in [5, 5.41) is 11.8. The maximum absolute atomic E-state index is 6.68. The first kappa shape index (κ1) is 28.6. The van der Waals surface area contributed by atoms with E-state index in [1.54, 1.807) is 0 Å². The summed E-state index contributed by atoms with van der Waals surface area (Å²) in [6, 6.07) is 60.7. The molecule has 3 heteroatoms. The van der Waals surface area contributed by atoms with Gasteiger partial charge in [0.25, 0.3) is 0 Å². The van der Waals surface area contributed by atoms with E-state index in [0.29, 0.717) is 0 Å². The number of hydrogen-bond acceptors (Lipinski definition) is 2. The number of aromatic nitrogens is 1. The number of fused-ring (bicyclic) bond motifs is 12. The van der Waals surface area contributed by atoms with Crippen molar-refractivity contribution in [1.82, 2.24) is 4.98 Å². The van der Waals surface area contributed by atoms with Gasteiger partial charge < -0.3 is 13.8 Å². The third kappa shape index (κ3) is 3.99. The molecule has 3 aromatic heterocycles. The average Bonchev–Trinajstić information content (AvgIpc) is 3.91. The molecule has 246 valence electrons. The Bertz CT molecular complexity index is 3390. The molecular weight excluding hydrogens is 647 g/mol. The maximum atomic E-state index is 6.68. The van der Waals surface area contributed by atoms with Gasteiger partial charge in [-0.3, -0.25) is 0 Å². The Balaban J connectivity index is 1.15. The second-order valence-electron chi connectivity index (χ2n) is 14.0. The second kappa shape index (κ2) is 10.7. The summed E-state index contributed by atoms with van der Waals surface area (Å²) < 4.78 is 12.9. The van der Waals surface area contributed by atoms with Crippen LogP contribution in [0.5, 0.6) is 0 Å². The number of para-hydroxylation sites is 3. The van der Waals surface area contributed by atoms with Crippen LogP contribution in [0.25, 0.3) is 121 Å². The minimum Gasteiger partial charge on any atom is -0.456 e. The lowest BCUT2D eigenvalue weighted by molar-refractivity contribution is 0.669. The zero-order valence-electron chi connectivity index (χ0n) is 28.5. The Labute approximate surface area is 303 Å². The third-order valence-electron chi connectivity index (χ3n) is 11.2. The molecule has 0 amide bonds. The van der Waals surface area contributed by atoms with Gasteiger partial charge in [0.1, 0.15) is 22.3 Å². The van der Waals surface area contributed by atoms with Crippen molar-refractivity contribution in [2.24, 2.45) is 0 Å². The molecule has 0 bridgehead atoms. The largest absolute Gasteiger partial charge is 0.456 e. The van der Waals surface area contributed by atoms with Gasteiger partial charge in [-0.2, -0.15) is 0 Å². The van der Waals surface area contributed by atoms with Crippen LogP contribution in [0.2, 0.25) is 0 Å². The number of benzene rings is 9. The van der Waals surface area contributed by atoms with Crippen LogP contribution in [-0.2, 0) is 0 Å². The SMILES string of the molecule is c1ccc(-c2cccc3c2oc2ccc4[nH]c5c(-c6c7ccccc7c(-c7ccc8oc9ccccc9c8c7)c7ccccc67)cccc5c4c23)cc1. The highest BCUT2D eigenvalue weighted by Crippen LogP contribution is 2.48. The van der Waals surface area contributed by atoms with Gasteiger partial charge >= 0.3 is 0 Å². The van der Waals surface area contributed by atoms with Crippen LogP contribution >= 0.6 is 0 Å². The molecule has 9 aromatic carbocycles. The number of hydrogen-bond donors (Lipinski definition) is 1. The van der Waals surface area contributed by atoms with Crippen molar-refractivity contribution in [3.05, 3.63) is 170 Å². The van der Waals surface area contributed by atoms with Gasteiger partial charge in [-0.25, -0.2) is 0 Å². The van der Waals surface area contributed by atoms with Gasteiger partial charge in [0.2, 0.25) is 0 Å². The average molecular weight is 676 g/mol. The van der Waals surface area contributed by atoms with E-state index in [0.717, 1.165) is 66.0 Å². The van der Waals surface area contributed by atoms with E-state index in [9.17, 15) is 0 Å². The van der Waals surface area contributed by atoms with Crippen LogP contribution in [0.4, 0.5) is 0 Å². The van der Waals surface area contributed by atoms with E-state index in [4.69, 9.17) is 8.83 Å². The van der Waals surface area contributed by atoms with E-state index in [2.05, 4.69) is 163 Å². The van der Waals surface area contributed by atoms with E-state index >= 15 is 0 Å². The summed E-state index contributed by atoms with van der Waals surface area (Å²) in [5.74, 6) is 0. The van der Waals surface area contributed by atoms with Crippen molar-refractivity contribution >= 4 is 87.2 Å². The second-order valence-corrected chi connectivity index (χ2v) is 14.0. The summed E-state index contributed by atoms with van der Waals surface area (Å²) in [4.78, 5) is 3.90. The van der Waals surface area contributed by atoms with E-state index < -0.39 is 0 Å². The predicted octanol–water partition coefficient (Wildman–Crippen LogP) is 14.4. The summed E-state index contributed by atoms with van der Waals surface area (Å²) in [7, 11) is 0. The van der Waals surface area contributed by atoms with Crippen molar-refractivity contribution in [3.63, 3.8) is 0 Å². The molecule has 0 saturated heterocycles. The third-order valence-corrected chi connectivity index (χ3v) is 11.2. The standard InChI is InChI=1S/C50H29NO2/c1-2-12-29(13-3-1)31-19-10-22-39-48-44(53-50(31)39)27-25-41-47(48)38-21-11-20-37(49(38)51-41)46-35-17-6-4-15-33(35)45(34-16-5-7-18-36(34)46)30-24-26-43-40(28-30)32-14-8-9-23-42(32)52-43/h1-28,51H. The maximum Gasteiger partial charge on any atom is 0.143 e. The van der Waals surface area contributed by atoms with E-state index in [-0.39, 0.29) is 0 Å². The molecule has 0 saturated carbocycles. The number of H-pyrrole nitrogens is 1. The molecule has 0 aliphatic carbocycles. The lowest BCUT2D eigenvalue weighted by Crippen LogP contribution is -1.91. The number of furan rings is 2. The normalized spacial score (nSPS) is 12.2. The fraction of sp³-hybridized carbons (Fsp3) is 0. The fourth-order valence-corrected chi connectivity index (χ4v) is 8.97. The van der Waals surface area contributed by atoms with Crippen LogP contribution in [-0.4, -0.2) is 4.98 Å². The van der Waals surface area contributed by atoms with Crippen molar-refractivity contribution in [2.75, 3.05) is 0 Å². The van der Waals surface area contributed by atoms with Gasteiger partial charge in [-0.05, 0) is 74.1 Å². The summed E-state index contributed by atoms with van der Waals surface area (Å²) in [6.45, 7) is 0. The first-order valence-electron chi connectivity index (χ1n) is 18.1. The Hall–Kier alpha value is -7.10. The van der Waals surface area contributed by atoms with Crippen molar-refractivity contribution in [1.29, 1.82) is 0 Å². The molecule has 12 rings (SSSR count). The fourth-order valence-electron chi connectivity index (χ4n) is 8.97. The molecule has 0 fully saturated rings. The lowest BCUT2D eigenvalue weighted by atomic mass is 9.85. The first-order chi connectivity index (χ1) is 26.3. The highest BCUT2D eigenvalue weighted by Gasteiger charge is 2.22. The summed E-state index contributed by atoms with van der Waals surface area (Å²) in [6.07, 6.45) is 0. The van der Waals surface area contributed by atoms with Crippen molar-refractivity contribution in [3.8, 4) is 33.4 Å². The zero-order chi connectivity index (χ0) is 34.6. The molecule has 0 aliphatic heterocycles. The Kier molecular flexibility index (Phi) is 5.77. The molecule has 0 unspecified atom stereocenters. The molecule has 0 spiro atoms. The van der Waals surface area contributed by atoms with E-state index in [1.807, 2.05) is 12.1 Å². The van der Waals surface area contributed by atoms with Crippen molar-refractivity contribution in [2.45, 2.75) is 0 Å². The minimum absolute atomic E-state index is 0.893. The molecule has 0 radical (unpaired) electrons. The Morgan fingerprint density at radius 3 is 1.72 bits per heavy atom. The minimum atomic E-state index is 0.893. The van der Waals surface area contributed by atoms with Crippen LogP contribution in [0.1, 0.15) is 0 Å². The highest BCUT2D eigenvalue weighted by atomic mass is 16.3. The smallest absolute Gasteiger partial charge is 0.143 e. The Morgan fingerprint density at radius 2 is 0.943 bits per heavy atom. The molecule has 1 N–H and O–H groups in total. The van der Waals surface area contributed by atoms with Gasteiger partial charge in [-0.15, -0.1) is 0 Å². The molecule has 3 heterocycles. The molecule has 12 aromatic rings. The highest BCUT2D eigenvalue weighted by molar-refractivity contribution is 6.30. The van der Waals surface area contributed by atoms with Crippen molar-refractivity contribution < 1.29 is 8.83 Å². The Morgan fingerprint density at radius 1 is 0.340 bits per heavy atom. The molecule has 0 aliphatic rings. The van der Waals surface area contributed by atoms with Crippen LogP contribution in [0.3, 0.4) is 0 Å². The first-order valence-corrected chi connectivity index (χ1v) is 18.1. The summed E-state index contributed by atoms with van der Waals surface area (Å²) >= 11 is 0. The van der Waals surface area contributed by atoms with Crippen LogP contribution in [0.15, 0.2) is 179 Å². The topological polar surface area (TPSA) is 42.1 Å². The lowest BCUT2D eigenvalue weighted by Gasteiger charge is -2.18. The number of nitrogens with one attached hydrogen (secondary N) is 1. The van der Waals surface area contributed by atoms with E-state index in [1.165, 1.54) is 54.6 Å². The summed E-state index contributed by atoms with van der Waals surface area (Å²) in [5.41, 5.74) is 12.9. The van der Waals surface area contributed by atoms with Gasteiger partial charge in [0, 0.05) is 49.0 Å². The molecular formula is C50H29NO2. The predicted molar refractivity (Wildman–Crippen MR) is 222 cm³/mol. The number of rotatable bonds is 3. The van der Waals surface area contributed by atoms with Crippen LogP contribution in [0, 0.1) is 0 Å². The number of aromatic amines is 1.